The van der Waals surface area contributed by atoms with Gasteiger partial charge < -0.3 is 19.1 Å². The molecule has 1 aromatic carbocycles. The zero-order valence-electron chi connectivity index (χ0n) is 15.4. The number of hydrogen-bond donors (Lipinski definition) is 1. The number of methoxy groups -OCH3 is 1. The van der Waals surface area contributed by atoms with Gasteiger partial charge in [-0.1, -0.05) is 5.16 Å². The lowest BCUT2D eigenvalue weighted by Gasteiger charge is -2.09. The zero-order chi connectivity index (χ0) is 19.0. The summed E-state index contributed by atoms with van der Waals surface area (Å²) in [6.07, 6.45) is 2.01. The Labute approximate surface area is 155 Å². The first-order valence-electron chi connectivity index (χ1n) is 8.71. The molecule has 3 aromatic heterocycles. The molecule has 0 fully saturated rings. The second-order valence-electron chi connectivity index (χ2n) is 6.45. The van der Waals surface area contributed by atoms with Gasteiger partial charge in [0.2, 0.25) is 0 Å². The Kier molecular flexibility index (Phi) is 4.27. The minimum Gasteiger partial charge on any atom is -0.497 e. The van der Waals surface area contributed by atoms with Crippen molar-refractivity contribution in [2.75, 3.05) is 13.7 Å². The first kappa shape index (κ1) is 17.1. The van der Waals surface area contributed by atoms with E-state index in [2.05, 4.69) is 20.0 Å². The van der Waals surface area contributed by atoms with Crippen LogP contribution in [0.3, 0.4) is 0 Å². The first-order valence-corrected chi connectivity index (χ1v) is 8.71. The Morgan fingerprint density at radius 1 is 1.26 bits per heavy atom. The van der Waals surface area contributed by atoms with E-state index in [1.807, 2.05) is 37.4 Å². The Hall–Kier alpha value is -3.35. The van der Waals surface area contributed by atoms with Crippen molar-refractivity contribution in [3.05, 3.63) is 53.5 Å². The molecule has 1 amide bonds. The van der Waals surface area contributed by atoms with Gasteiger partial charge in [-0.15, -0.1) is 0 Å². The number of nitrogens with one attached hydrogen (secondary N) is 1. The lowest BCUT2D eigenvalue weighted by Crippen LogP contribution is -2.27. The van der Waals surface area contributed by atoms with Gasteiger partial charge in [0.15, 0.2) is 0 Å². The second kappa shape index (κ2) is 6.75. The molecule has 1 N–H and O–H groups in total. The van der Waals surface area contributed by atoms with Crippen LogP contribution in [0.4, 0.5) is 0 Å². The molecule has 0 aliphatic heterocycles. The van der Waals surface area contributed by atoms with E-state index in [-0.39, 0.29) is 5.91 Å². The highest BCUT2D eigenvalue weighted by Gasteiger charge is 2.17. The summed E-state index contributed by atoms with van der Waals surface area (Å²) in [5.74, 6) is 0.671. The number of carbonyl (C=O) groups is 1. The molecule has 4 rings (SSSR count). The Morgan fingerprint density at radius 3 is 2.93 bits per heavy atom. The van der Waals surface area contributed by atoms with Crippen molar-refractivity contribution >= 4 is 27.9 Å². The van der Waals surface area contributed by atoms with Crippen LogP contribution in [0.5, 0.6) is 5.75 Å². The third kappa shape index (κ3) is 3.12. The van der Waals surface area contributed by atoms with E-state index in [4.69, 9.17) is 9.26 Å². The highest BCUT2D eigenvalue weighted by molar-refractivity contribution is 6.06. The monoisotopic (exact) mass is 364 g/mol. The van der Waals surface area contributed by atoms with Gasteiger partial charge in [0.1, 0.15) is 5.75 Å². The number of aryl methyl sites for hydroxylation is 2. The van der Waals surface area contributed by atoms with E-state index >= 15 is 0 Å². The smallest absolute Gasteiger partial charge is 0.258 e. The van der Waals surface area contributed by atoms with Crippen molar-refractivity contribution < 1.29 is 14.1 Å². The number of carbonyl (C=O) groups excluding carboxylic acids is 1. The van der Waals surface area contributed by atoms with Crippen LogP contribution in [0, 0.1) is 13.8 Å². The van der Waals surface area contributed by atoms with E-state index in [0.717, 1.165) is 16.7 Å². The highest BCUT2D eigenvalue weighted by atomic mass is 16.5. The van der Waals surface area contributed by atoms with E-state index in [0.29, 0.717) is 41.1 Å². The molecule has 27 heavy (non-hydrogen) atoms. The molecular formula is C20H20N4O3. The molecule has 138 valence electrons. The van der Waals surface area contributed by atoms with Crippen LogP contribution in [0.15, 0.2) is 41.1 Å². The van der Waals surface area contributed by atoms with E-state index in [1.165, 1.54) is 0 Å². The van der Waals surface area contributed by atoms with Gasteiger partial charge in [-0.2, -0.15) is 0 Å². The van der Waals surface area contributed by atoms with Crippen LogP contribution in [-0.2, 0) is 6.54 Å². The molecule has 0 saturated heterocycles. The number of amides is 1. The highest BCUT2D eigenvalue weighted by Crippen LogP contribution is 2.23. The first-order chi connectivity index (χ1) is 13.1. The molecule has 4 aromatic rings. The molecule has 0 atom stereocenters. The molecular weight excluding hydrogens is 344 g/mol. The summed E-state index contributed by atoms with van der Waals surface area (Å²) in [4.78, 5) is 17.0. The summed E-state index contributed by atoms with van der Waals surface area (Å²) in [5.41, 5.74) is 3.41. The molecule has 0 spiro atoms. The van der Waals surface area contributed by atoms with Crippen LogP contribution in [0.2, 0.25) is 0 Å². The number of benzene rings is 1. The van der Waals surface area contributed by atoms with E-state index in [1.54, 1.807) is 20.1 Å². The molecule has 0 aliphatic carbocycles. The summed E-state index contributed by atoms with van der Waals surface area (Å²) in [6, 6.07) is 9.75. The van der Waals surface area contributed by atoms with Crippen LogP contribution in [-0.4, -0.2) is 34.3 Å². The molecule has 0 bridgehead atoms. The van der Waals surface area contributed by atoms with Crippen molar-refractivity contribution in [2.45, 2.75) is 20.4 Å². The summed E-state index contributed by atoms with van der Waals surface area (Å²) in [5, 5.41) is 8.66. The Bertz CT molecular complexity index is 1140. The third-order valence-electron chi connectivity index (χ3n) is 4.61. The standard InChI is InChI=1S/C20H20N4O3/c1-12-10-16(18-13(2)23-27-20(18)22-12)19(25)21-7-9-24-8-6-14-11-15(26-3)4-5-17(14)24/h4-6,8,10-11H,7,9H2,1-3H3,(H,21,25). The molecule has 0 saturated carbocycles. The SMILES string of the molecule is COc1ccc2c(ccn2CCNC(=O)c2cc(C)nc3onc(C)c23)c1. The molecule has 0 unspecified atom stereocenters. The number of hydrogen-bond acceptors (Lipinski definition) is 5. The molecule has 3 heterocycles. The van der Waals surface area contributed by atoms with Gasteiger partial charge in [-0.05, 0) is 44.2 Å². The minimum absolute atomic E-state index is 0.157. The number of pyridine rings is 1. The average Bonchev–Trinajstić information content (AvgIpc) is 3.24. The maximum Gasteiger partial charge on any atom is 0.258 e. The lowest BCUT2D eigenvalue weighted by atomic mass is 10.1. The topological polar surface area (TPSA) is 82.2 Å². The second-order valence-corrected chi connectivity index (χ2v) is 6.45. The van der Waals surface area contributed by atoms with Crippen molar-refractivity contribution in [3.63, 3.8) is 0 Å². The fraction of sp³-hybridized carbons (Fsp3) is 0.250. The van der Waals surface area contributed by atoms with Gasteiger partial charge in [-0.3, -0.25) is 4.79 Å². The summed E-state index contributed by atoms with van der Waals surface area (Å²) in [6.45, 7) is 4.80. The number of fused-ring (bicyclic) bond motifs is 2. The van der Waals surface area contributed by atoms with Gasteiger partial charge >= 0.3 is 0 Å². The minimum atomic E-state index is -0.157. The summed E-state index contributed by atoms with van der Waals surface area (Å²) < 4.78 is 12.6. The molecule has 7 heteroatoms. The van der Waals surface area contributed by atoms with Crippen LogP contribution in [0.1, 0.15) is 21.7 Å². The normalized spacial score (nSPS) is 11.2. The quantitative estimate of drug-likeness (QED) is 0.588. The van der Waals surface area contributed by atoms with E-state index < -0.39 is 0 Å². The summed E-state index contributed by atoms with van der Waals surface area (Å²) >= 11 is 0. The lowest BCUT2D eigenvalue weighted by molar-refractivity contribution is 0.0954. The maximum absolute atomic E-state index is 12.7. The van der Waals surface area contributed by atoms with Crippen LogP contribution in [0.25, 0.3) is 22.0 Å². The van der Waals surface area contributed by atoms with Gasteiger partial charge in [0.25, 0.3) is 11.6 Å². The number of aromatic nitrogens is 3. The number of rotatable bonds is 5. The third-order valence-corrected chi connectivity index (χ3v) is 4.61. The Balaban J connectivity index is 1.50. The van der Waals surface area contributed by atoms with Crippen LogP contribution >= 0.6 is 0 Å². The average molecular weight is 364 g/mol. The molecule has 0 radical (unpaired) electrons. The fourth-order valence-electron chi connectivity index (χ4n) is 3.28. The molecule has 7 nitrogen and oxygen atoms in total. The zero-order valence-corrected chi connectivity index (χ0v) is 15.4. The Morgan fingerprint density at radius 2 is 2.11 bits per heavy atom. The van der Waals surface area contributed by atoms with Gasteiger partial charge in [-0.25, -0.2) is 4.98 Å². The predicted octanol–water partition coefficient (Wildman–Crippen LogP) is 3.23. The van der Waals surface area contributed by atoms with Crippen molar-refractivity contribution in [3.8, 4) is 5.75 Å². The maximum atomic E-state index is 12.7. The fourth-order valence-corrected chi connectivity index (χ4v) is 3.28. The molecule has 0 aliphatic rings. The van der Waals surface area contributed by atoms with Crippen molar-refractivity contribution in [1.82, 2.24) is 20.0 Å². The van der Waals surface area contributed by atoms with Crippen LogP contribution < -0.4 is 10.1 Å². The van der Waals surface area contributed by atoms with Crippen molar-refractivity contribution in [2.24, 2.45) is 0 Å². The number of ether oxygens (including phenoxy) is 1. The largest absolute Gasteiger partial charge is 0.497 e. The van der Waals surface area contributed by atoms with Gasteiger partial charge in [0, 0.05) is 35.9 Å². The number of nitrogens with zero attached hydrogens (tertiary/aromatic N) is 3. The van der Waals surface area contributed by atoms with Gasteiger partial charge in [0.05, 0.1) is 23.8 Å². The van der Waals surface area contributed by atoms with E-state index in [9.17, 15) is 4.79 Å². The summed E-state index contributed by atoms with van der Waals surface area (Å²) in [7, 11) is 1.66. The van der Waals surface area contributed by atoms with Crippen molar-refractivity contribution in [1.29, 1.82) is 0 Å². The predicted molar refractivity (Wildman–Crippen MR) is 102 cm³/mol.